The Balaban J connectivity index is 2.34. The molecule has 0 radical (unpaired) electrons. The standard InChI is InChI=1S/C12H13N3O2/c1-2-17-12(16)9-10(13)15-11(14-9)8-6-4-3-5-7-8/h3-7H,2,13H2,1H3,(H,14,15). The number of carbonyl (C=O) groups is 1. The molecule has 88 valence electrons. The summed E-state index contributed by atoms with van der Waals surface area (Å²) in [5, 5.41) is 0. The molecule has 0 atom stereocenters. The number of aromatic amines is 1. The molecule has 2 aromatic rings. The van der Waals surface area contributed by atoms with Gasteiger partial charge in [-0.3, -0.25) is 0 Å². The summed E-state index contributed by atoms with van der Waals surface area (Å²) in [5.74, 6) is 0.230. The zero-order valence-corrected chi connectivity index (χ0v) is 9.43. The van der Waals surface area contributed by atoms with Crippen LogP contribution < -0.4 is 5.73 Å². The normalized spacial score (nSPS) is 10.2. The highest BCUT2D eigenvalue weighted by atomic mass is 16.5. The summed E-state index contributed by atoms with van der Waals surface area (Å²) >= 11 is 0. The molecule has 0 unspecified atom stereocenters. The van der Waals surface area contributed by atoms with Gasteiger partial charge in [0, 0.05) is 5.56 Å². The summed E-state index contributed by atoms with van der Waals surface area (Å²) in [7, 11) is 0. The van der Waals surface area contributed by atoms with Gasteiger partial charge in [-0.05, 0) is 6.92 Å². The molecule has 0 spiro atoms. The van der Waals surface area contributed by atoms with Crippen LogP contribution in [0.1, 0.15) is 17.4 Å². The van der Waals surface area contributed by atoms with E-state index in [2.05, 4.69) is 9.97 Å². The Bertz CT molecular complexity index is 520. The first kappa shape index (κ1) is 11.2. The summed E-state index contributed by atoms with van der Waals surface area (Å²) in [4.78, 5) is 18.5. The zero-order valence-electron chi connectivity index (χ0n) is 9.43. The summed E-state index contributed by atoms with van der Waals surface area (Å²) in [5.41, 5.74) is 6.74. The summed E-state index contributed by atoms with van der Waals surface area (Å²) < 4.78 is 4.87. The molecule has 5 nitrogen and oxygen atoms in total. The molecule has 0 saturated carbocycles. The van der Waals surface area contributed by atoms with Gasteiger partial charge in [0.1, 0.15) is 5.82 Å². The number of aromatic nitrogens is 2. The molecule has 1 aromatic heterocycles. The fraction of sp³-hybridized carbons (Fsp3) is 0.167. The number of H-pyrrole nitrogens is 1. The van der Waals surface area contributed by atoms with Crippen molar-refractivity contribution in [1.82, 2.24) is 9.97 Å². The van der Waals surface area contributed by atoms with E-state index in [1.807, 2.05) is 30.3 Å². The van der Waals surface area contributed by atoms with E-state index in [9.17, 15) is 4.79 Å². The van der Waals surface area contributed by atoms with Gasteiger partial charge in [-0.25, -0.2) is 9.78 Å². The van der Waals surface area contributed by atoms with Gasteiger partial charge in [-0.1, -0.05) is 30.3 Å². The van der Waals surface area contributed by atoms with E-state index in [4.69, 9.17) is 10.5 Å². The second kappa shape index (κ2) is 4.69. The SMILES string of the molecule is CCOC(=O)c1[nH]c(-c2ccccc2)nc1N. The van der Waals surface area contributed by atoms with Crippen LogP contribution in [0.4, 0.5) is 5.82 Å². The third-order valence-corrected chi connectivity index (χ3v) is 2.26. The second-order valence-corrected chi connectivity index (χ2v) is 3.43. The molecule has 3 N–H and O–H groups in total. The lowest BCUT2D eigenvalue weighted by atomic mass is 10.2. The molecular formula is C12H13N3O2. The van der Waals surface area contributed by atoms with E-state index in [-0.39, 0.29) is 11.5 Å². The Hall–Kier alpha value is -2.30. The van der Waals surface area contributed by atoms with Gasteiger partial charge in [-0.2, -0.15) is 0 Å². The number of rotatable bonds is 3. The molecule has 2 rings (SSSR count). The molecule has 0 aliphatic carbocycles. The van der Waals surface area contributed by atoms with Crippen molar-refractivity contribution in [1.29, 1.82) is 0 Å². The maximum Gasteiger partial charge on any atom is 0.358 e. The first-order valence-electron chi connectivity index (χ1n) is 5.30. The summed E-state index contributed by atoms with van der Waals surface area (Å²) in [6.45, 7) is 2.04. The van der Waals surface area contributed by atoms with Crippen LogP contribution in [0.2, 0.25) is 0 Å². The summed E-state index contributed by atoms with van der Waals surface area (Å²) in [6.07, 6.45) is 0. The van der Waals surface area contributed by atoms with Crippen molar-refractivity contribution in [3.8, 4) is 11.4 Å². The van der Waals surface area contributed by atoms with Gasteiger partial charge in [0.15, 0.2) is 11.5 Å². The Morgan fingerprint density at radius 2 is 2.12 bits per heavy atom. The number of nitrogens with one attached hydrogen (secondary N) is 1. The van der Waals surface area contributed by atoms with Crippen LogP contribution in [0, 0.1) is 0 Å². The van der Waals surface area contributed by atoms with E-state index < -0.39 is 5.97 Å². The molecular weight excluding hydrogens is 218 g/mol. The molecule has 0 bridgehead atoms. The van der Waals surface area contributed by atoms with E-state index in [0.29, 0.717) is 12.4 Å². The average Bonchev–Trinajstić information content (AvgIpc) is 2.73. The quantitative estimate of drug-likeness (QED) is 0.790. The Morgan fingerprint density at radius 1 is 1.41 bits per heavy atom. The molecule has 0 aliphatic rings. The summed E-state index contributed by atoms with van der Waals surface area (Å²) in [6, 6.07) is 9.44. The lowest BCUT2D eigenvalue weighted by Gasteiger charge is -1.98. The Morgan fingerprint density at radius 3 is 2.76 bits per heavy atom. The van der Waals surface area contributed by atoms with Crippen molar-refractivity contribution in [2.45, 2.75) is 6.92 Å². The highest BCUT2D eigenvalue weighted by Crippen LogP contribution is 2.19. The number of anilines is 1. The number of carbonyl (C=O) groups excluding carboxylic acids is 1. The van der Waals surface area contributed by atoms with Gasteiger partial charge < -0.3 is 15.5 Å². The number of hydrogen-bond donors (Lipinski definition) is 2. The zero-order chi connectivity index (χ0) is 12.3. The van der Waals surface area contributed by atoms with Gasteiger partial charge in [0.05, 0.1) is 6.61 Å². The predicted octanol–water partition coefficient (Wildman–Crippen LogP) is 1.84. The number of benzene rings is 1. The minimum Gasteiger partial charge on any atom is -0.461 e. The number of nitrogens with zero attached hydrogens (tertiary/aromatic N) is 1. The highest BCUT2D eigenvalue weighted by molar-refractivity contribution is 5.93. The average molecular weight is 231 g/mol. The predicted molar refractivity (Wildman–Crippen MR) is 64.4 cm³/mol. The van der Waals surface area contributed by atoms with Crippen LogP contribution in [0.3, 0.4) is 0 Å². The minimum atomic E-state index is -0.486. The lowest BCUT2D eigenvalue weighted by Crippen LogP contribution is -2.07. The van der Waals surface area contributed by atoms with Gasteiger partial charge >= 0.3 is 5.97 Å². The molecule has 1 heterocycles. The Kier molecular flexibility index (Phi) is 3.09. The number of esters is 1. The van der Waals surface area contributed by atoms with E-state index in [0.717, 1.165) is 5.56 Å². The van der Waals surface area contributed by atoms with Crippen LogP contribution in [-0.2, 0) is 4.74 Å². The second-order valence-electron chi connectivity index (χ2n) is 3.43. The van der Waals surface area contributed by atoms with Gasteiger partial charge in [0.25, 0.3) is 0 Å². The highest BCUT2D eigenvalue weighted by Gasteiger charge is 2.16. The van der Waals surface area contributed by atoms with Crippen LogP contribution in [0.15, 0.2) is 30.3 Å². The topological polar surface area (TPSA) is 81.0 Å². The van der Waals surface area contributed by atoms with Crippen LogP contribution in [0.5, 0.6) is 0 Å². The van der Waals surface area contributed by atoms with Crippen molar-refractivity contribution in [2.24, 2.45) is 0 Å². The maximum absolute atomic E-state index is 11.5. The van der Waals surface area contributed by atoms with E-state index in [1.54, 1.807) is 6.92 Å². The third-order valence-electron chi connectivity index (χ3n) is 2.26. The van der Waals surface area contributed by atoms with Crippen molar-refractivity contribution in [2.75, 3.05) is 12.3 Å². The Labute approximate surface area is 98.6 Å². The number of ether oxygens (including phenoxy) is 1. The van der Waals surface area contributed by atoms with Crippen LogP contribution >= 0.6 is 0 Å². The number of hydrogen-bond acceptors (Lipinski definition) is 4. The maximum atomic E-state index is 11.5. The van der Waals surface area contributed by atoms with Crippen molar-refractivity contribution < 1.29 is 9.53 Å². The van der Waals surface area contributed by atoms with Crippen LogP contribution in [-0.4, -0.2) is 22.5 Å². The monoisotopic (exact) mass is 231 g/mol. The number of nitrogens with two attached hydrogens (primary N) is 1. The molecule has 0 fully saturated rings. The fourth-order valence-corrected chi connectivity index (χ4v) is 1.48. The van der Waals surface area contributed by atoms with Crippen molar-refractivity contribution in [3.63, 3.8) is 0 Å². The molecule has 0 aliphatic heterocycles. The first-order valence-corrected chi connectivity index (χ1v) is 5.30. The van der Waals surface area contributed by atoms with E-state index in [1.165, 1.54) is 0 Å². The lowest BCUT2D eigenvalue weighted by molar-refractivity contribution is 0.0521. The smallest absolute Gasteiger partial charge is 0.358 e. The van der Waals surface area contributed by atoms with E-state index >= 15 is 0 Å². The molecule has 17 heavy (non-hydrogen) atoms. The minimum absolute atomic E-state index is 0.155. The first-order chi connectivity index (χ1) is 8.22. The largest absolute Gasteiger partial charge is 0.461 e. The molecule has 0 saturated heterocycles. The third kappa shape index (κ3) is 2.28. The van der Waals surface area contributed by atoms with Gasteiger partial charge in [-0.15, -0.1) is 0 Å². The van der Waals surface area contributed by atoms with Crippen LogP contribution in [0.25, 0.3) is 11.4 Å². The number of imidazole rings is 1. The molecule has 5 heteroatoms. The molecule has 1 aromatic carbocycles. The van der Waals surface area contributed by atoms with Crippen molar-refractivity contribution >= 4 is 11.8 Å². The van der Waals surface area contributed by atoms with Crippen molar-refractivity contribution in [3.05, 3.63) is 36.0 Å². The fourth-order valence-electron chi connectivity index (χ4n) is 1.48. The molecule has 0 amide bonds. The number of nitrogen functional groups attached to an aromatic ring is 1. The van der Waals surface area contributed by atoms with Gasteiger partial charge in [0.2, 0.25) is 0 Å².